The van der Waals surface area contributed by atoms with Crippen molar-refractivity contribution in [2.45, 2.75) is 32.4 Å². The van der Waals surface area contributed by atoms with E-state index in [-0.39, 0.29) is 11.9 Å². The topological polar surface area (TPSA) is 64.2 Å². The minimum atomic E-state index is -0.0475. The number of nitrogens with zero attached hydrogens (tertiary/aromatic N) is 4. The number of oxazole rings is 1. The van der Waals surface area contributed by atoms with Gasteiger partial charge < -0.3 is 9.32 Å². The van der Waals surface area contributed by atoms with Crippen LogP contribution in [-0.2, 0) is 6.54 Å². The average molecular weight is 342 g/mol. The van der Waals surface area contributed by atoms with E-state index in [0.717, 1.165) is 24.3 Å². The van der Waals surface area contributed by atoms with E-state index >= 15 is 0 Å². The Morgan fingerprint density at radius 3 is 3.12 bits per heavy atom. The van der Waals surface area contributed by atoms with E-state index in [1.807, 2.05) is 39.4 Å². The molecule has 1 atom stereocenters. The smallest absolute Gasteiger partial charge is 0.276 e. The van der Waals surface area contributed by atoms with Gasteiger partial charge in [0.25, 0.3) is 5.91 Å². The number of aryl methyl sites for hydroxylation is 1. The molecule has 0 aromatic carbocycles. The molecule has 3 aromatic heterocycles. The number of hydrogen-bond acceptors (Lipinski definition) is 5. The molecule has 3 aromatic rings. The largest absolute Gasteiger partial charge is 0.440 e. The fraction of sp³-hybridized carbons (Fsp3) is 0.353. The highest BCUT2D eigenvalue weighted by Crippen LogP contribution is 2.28. The van der Waals surface area contributed by atoms with Gasteiger partial charge in [-0.3, -0.25) is 9.48 Å². The molecule has 4 rings (SSSR count). The first kappa shape index (κ1) is 15.1. The zero-order valence-electron chi connectivity index (χ0n) is 13.4. The lowest BCUT2D eigenvalue weighted by molar-refractivity contribution is 0.0714. The number of carbonyl (C=O) groups is 1. The molecule has 0 unspecified atom stereocenters. The van der Waals surface area contributed by atoms with Crippen LogP contribution in [0, 0.1) is 6.92 Å². The van der Waals surface area contributed by atoms with Crippen LogP contribution in [0.2, 0.25) is 0 Å². The summed E-state index contributed by atoms with van der Waals surface area (Å²) in [4.78, 5) is 20.3. The molecular formula is C17H18N4O2S. The van der Waals surface area contributed by atoms with Gasteiger partial charge in [0.1, 0.15) is 5.76 Å². The monoisotopic (exact) mass is 342 g/mol. The Hall–Kier alpha value is -2.41. The highest BCUT2D eigenvalue weighted by molar-refractivity contribution is 7.13. The molecule has 0 bridgehead atoms. The van der Waals surface area contributed by atoms with Crippen LogP contribution >= 0.6 is 11.3 Å². The van der Waals surface area contributed by atoms with Crippen LogP contribution in [-0.4, -0.2) is 38.2 Å². The summed E-state index contributed by atoms with van der Waals surface area (Å²) >= 11 is 1.55. The van der Waals surface area contributed by atoms with E-state index in [0.29, 0.717) is 23.9 Å². The van der Waals surface area contributed by atoms with Gasteiger partial charge in [-0.15, -0.1) is 11.3 Å². The van der Waals surface area contributed by atoms with Gasteiger partial charge in [-0.25, -0.2) is 4.98 Å². The number of carbonyl (C=O) groups excluding carboxylic acids is 1. The molecule has 1 fully saturated rings. The molecule has 0 radical (unpaired) electrons. The summed E-state index contributed by atoms with van der Waals surface area (Å²) < 4.78 is 7.59. The Morgan fingerprint density at radius 2 is 2.38 bits per heavy atom. The van der Waals surface area contributed by atoms with Crippen molar-refractivity contribution >= 4 is 17.2 Å². The highest BCUT2D eigenvalue weighted by Gasteiger charge is 2.32. The van der Waals surface area contributed by atoms with Crippen molar-refractivity contribution in [3.8, 4) is 10.8 Å². The molecule has 0 saturated carbocycles. The lowest BCUT2D eigenvalue weighted by atomic mass is 10.2. The Labute approximate surface area is 143 Å². The molecule has 0 N–H and O–H groups in total. The molecule has 24 heavy (non-hydrogen) atoms. The van der Waals surface area contributed by atoms with Crippen LogP contribution < -0.4 is 0 Å². The van der Waals surface area contributed by atoms with E-state index in [2.05, 4.69) is 10.1 Å². The minimum Gasteiger partial charge on any atom is -0.440 e. The predicted octanol–water partition coefficient (Wildman–Crippen LogP) is 3.21. The number of aromatic nitrogens is 3. The summed E-state index contributed by atoms with van der Waals surface area (Å²) in [5.41, 5.74) is 0.422. The Morgan fingerprint density at radius 1 is 1.46 bits per heavy atom. The third-order valence-corrected chi connectivity index (χ3v) is 5.18. The van der Waals surface area contributed by atoms with Crippen molar-refractivity contribution < 1.29 is 9.21 Å². The molecule has 1 saturated heterocycles. The molecule has 0 aliphatic carbocycles. The van der Waals surface area contributed by atoms with Gasteiger partial charge in [0.15, 0.2) is 5.69 Å². The first-order valence-electron chi connectivity index (χ1n) is 8.02. The van der Waals surface area contributed by atoms with Crippen molar-refractivity contribution in [1.82, 2.24) is 19.7 Å². The number of hydrogen-bond donors (Lipinski definition) is 0. The molecule has 4 heterocycles. The average Bonchev–Trinajstić information content (AvgIpc) is 3.35. The first-order valence-corrected chi connectivity index (χ1v) is 8.90. The molecule has 1 aliphatic heterocycles. The molecular weight excluding hydrogens is 324 g/mol. The van der Waals surface area contributed by atoms with Crippen LogP contribution in [0.4, 0.5) is 0 Å². The predicted molar refractivity (Wildman–Crippen MR) is 90.8 cm³/mol. The summed E-state index contributed by atoms with van der Waals surface area (Å²) in [6.45, 7) is 3.27. The van der Waals surface area contributed by atoms with Gasteiger partial charge in [-0.05, 0) is 37.3 Å². The standard InChI is InChI=1S/C17H18N4O2S/c1-12-15(19-16(23-12)14-6-3-10-24-14)17(22)21-9-2-5-13(21)11-20-8-4-7-18-20/h3-4,6-8,10,13H,2,5,9,11H2,1H3/t13-/m1/s1. The normalized spacial score (nSPS) is 17.5. The lowest BCUT2D eigenvalue weighted by Gasteiger charge is -2.24. The molecule has 0 spiro atoms. The zero-order chi connectivity index (χ0) is 16.5. The van der Waals surface area contributed by atoms with Gasteiger partial charge in [0, 0.05) is 18.9 Å². The van der Waals surface area contributed by atoms with Crippen molar-refractivity contribution in [3.05, 3.63) is 47.4 Å². The second kappa shape index (κ2) is 6.24. The van der Waals surface area contributed by atoms with E-state index in [9.17, 15) is 4.79 Å². The quantitative estimate of drug-likeness (QED) is 0.730. The number of likely N-dealkylation sites (tertiary alicyclic amines) is 1. The van der Waals surface area contributed by atoms with Crippen molar-refractivity contribution in [2.75, 3.05) is 6.54 Å². The van der Waals surface area contributed by atoms with Crippen LogP contribution in [0.1, 0.15) is 29.1 Å². The van der Waals surface area contributed by atoms with Crippen LogP contribution in [0.3, 0.4) is 0 Å². The fourth-order valence-electron chi connectivity index (χ4n) is 3.15. The number of amides is 1. The molecule has 1 aliphatic rings. The molecule has 6 nitrogen and oxygen atoms in total. The summed E-state index contributed by atoms with van der Waals surface area (Å²) in [5, 5.41) is 6.22. The number of rotatable bonds is 4. The van der Waals surface area contributed by atoms with Gasteiger partial charge in [0.2, 0.25) is 5.89 Å². The summed E-state index contributed by atoms with van der Waals surface area (Å²) in [6.07, 6.45) is 5.68. The van der Waals surface area contributed by atoms with Crippen LogP contribution in [0.15, 0.2) is 40.4 Å². The summed E-state index contributed by atoms with van der Waals surface area (Å²) in [5.74, 6) is 1.05. The Balaban J connectivity index is 1.56. The maximum atomic E-state index is 13.0. The third kappa shape index (κ3) is 2.75. The van der Waals surface area contributed by atoms with Crippen LogP contribution in [0.25, 0.3) is 10.8 Å². The summed E-state index contributed by atoms with van der Waals surface area (Å²) in [7, 11) is 0. The molecule has 1 amide bonds. The van der Waals surface area contributed by atoms with Crippen LogP contribution in [0.5, 0.6) is 0 Å². The minimum absolute atomic E-state index is 0.0475. The SMILES string of the molecule is Cc1oc(-c2cccs2)nc1C(=O)N1CCC[C@@H]1Cn1cccn1. The Bertz CT molecular complexity index is 823. The maximum Gasteiger partial charge on any atom is 0.276 e. The van der Waals surface area contributed by atoms with Gasteiger partial charge in [0.05, 0.1) is 17.5 Å². The molecule has 124 valence electrons. The summed E-state index contributed by atoms with van der Waals surface area (Å²) in [6, 6.07) is 5.94. The maximum absolute atomic E-state index is 13.0. The van der Waals surface area contributed by atoms with E-state index < -0.39 is 0 Å². The highest BCUT2D eigenvalue weighted by atomic mass is 32.1. The van der Waals surface area contributed by atoms with E-state index in [1.54, 1.807) is 24.5 Å². The fourth-order valence-corrected chi connectivity index (χ4v) is 3.80. The lowest BCUT2D eigenvalue weighted by Crippen LogP contribution is -2.38. The first-order chi connectivity index (χ1) is 11.7. The zero-order valence-corrected chi connectivity index (χ0v) is 14.2. The van der Waals surface area contributed by atoms with Crippen molar-refractivity contribution in [2.24, 2.45) is 0 Å². The third-order valence-electron chi connectivity index (χ3n) is 4.33. The second-order valence-electron chi connectivity index (χ2n) is 5.92. The van der Waals surface area contributed by atoms with Gasteiger partial charge in [-0.2, -0.15) is 5.10 Å². The van der Waals surface area contributed by atoms with Gasteiger partial charge >= 0.3 is 0 Å². The second-order valence-corrected chi connectivity index (χ2v) is 6.87. The van der Waals surface area contributed by atoms with E-state index in [1.165, 1.54) is 0 Å². The van der Waals surface area contributed by atoms with E-state index in [4.69, 9.17) is 4.42 Å². The number of thiophene rings is 1. The van der Waals surface area contributed by atoms with Gasteiger partial charge in [-0.1, -0.05) is 6.07 Å². The molecule has 7 heteroatoms. The van der Waals surface area contributed by atoms with Crippen molar-refractivity contribution in [1.29, 1.82) is 0 Å². The Kier molecular flexibility index (Phi) is 3.93. The van der Waals surface area contributed by atoms with Crippen molar-refractivity contribution in [3.63, 3.8) is 0 Å².